The Hall–Kier alpha value is -3.94. The summed E-state index contributed by atoms with van der Waals surface area (Å²) in [7, 11) is 1.86. The second-order valence-electron chi connectivity index (χ2n) is 6.06. The molecule has 4 rings (SSSR count). The van der Waals surface area contributed by atoms with E-state index in [2.05, 4.69) is 15.3 Å². The maximum Gasteiger partial charge on any atom is 0.354 e. The van der Waals surface area contributed by atoms with Crippen molar-refractivity contribution >= 4 is 28.6 Å². The van der Waals surface area contributed by atoms with Gasteiger partial charge < -0.3 is 19.7 Å². The smallest absolute Gasteiger partial charge is 0.354 e. The average Bonchev–Trinajstić information content (AvgIpc) is 2.99. The highest BCUT2D eigenvalue weighted by Gasteiger charge is 2.11. The van der Waals surface area contributed by atoms with Crippen molar-refractivity contribution in [2.45, 2.75) is 0 Å². The van der Waals surface area contributed by atoms with Gasteiger partial charge in [-0.05, 0) is 42.5 Å². The monoisotopic (exact) mass is 378 g/mol. The number of aryl methyl sites for hydroxylation is 1. The van der Waals surface area contributed by atoms with Crippen molar-refractivity contribution in [3.8, 4) is 11.5 Å². The lowest BCUT2D eigenvalue weighted by atomic mass is 10.3. The molecule has 4 aromatic rings. The van der Waals surface area contributed by atoms with E-state index in [4.69, 9.17) is 9.84 Å². The number of imidazole rings is 1. The van der Waals surface area contributed by atoms with Gasteiger partial charge in [0.05, 0.1) is 11.0 Å². The van der Waals surface area contributed by atoms with Gasteiger partial charge in [0.15, 0.2) is 5.69 Å². The normalized spacial score (nSPS) is 10.8. The van der Waals surface area contributed by atoms with Crippen molar-refractivity contribution in [2.75, 3.05) is 5.32 Å². The maximum absolute atomic E-state index is 13.1. The second-order valence-corrected chi connectivity index (χ2v) is 6.06. The number of anilines is 2. The number of ether oxygens (including phenoxy) is 1. The van der Waals surface area contributed by atoms with Crippen LogP contribution in [0.4, 0.5) is 16.0 Å². The number of hydrogen-bond donors (Lipinski definition) is 2. The molecule has 2 aromatic heterocycles. The van der Waals surface area contributed by atoms with Crippen LogP contribution < -0.4 is 10.1 Å². The molecule has 0 fully saturated rings. The first-order valence-corrected chi connectivity index (χ1v) is 8.36. The van der Waals surface area contributed by atoms with E-state index in [1.54, 1.807) is 30.3 Å². The van der Waals surface area contributed by atoms with E-state index < -0.39 is 5.97 Å². The van der Waals surface area contributed by atoms with Gasteiger partial charge in [0.1, 0.15) is 17.3 Å². The molecule has 0 aliphatic carbocycles. The Morgan fingerprint density at radius 1 is 1.11 bits per heavy atom. The van der Waals surface area contributed by atoms with Gasteiger partial charge in [-0.15, -0.1) is 0 Å². The van der Waals surface area contributed by atoms with Crippen LogP contribution in [0.15, 0.2) is 60.8 Å². The van der Waals surface area contributed by atoms with Crippen LogP contribution in [0.25, 0.3) is 11.0 Å². The van der Waals surface area contributed by atoms with Crippen LogP contribution in [0.2, 0.25) is 0 Å². The topological polar surface area (TPSA) is 89.3 Å². The number of rotatable bonds is 5. The first-order valence-electron chi connectivity index (χ1n) is 8.36. The van der Waals surface area contributed by atoms with Gasteiger partial charge in [-0.25, -0.2) is 19.2 Å². The van der Waals surface area contributed by atoms with Crippen molar-refractivity contribution in [3.05, 3.63) is 72.3 Å². The molecule has 0 atom stereocenters. The van der Waals surface area contributed by atoms with Gasteiger partial charge in [0.25, 0.3) is 0 Å². The molecule has 0 unspecified atom stereocenters. The maximum atomic E-state index is 13.1. The molecule has 0 aliphatic rings. The third-order valence-electron chi connectivity index (χ3n) is 4.14. The minimum Gasteiger partial charge on any atom is -0.477 e. The van der Waals surface area contributed by atoms with Gasteiger partial charge in [-0.1, -0.05) is 0 Å². The number of hydrogen-bond acceptors (Lipinski definition) is 5. The first-order chi connectivity index (χ1) is 13.5. The first kappa shape index (κ1) is 17.5. The molecule has 140 valence electrons. The highest BCUT2D eigenvalue weighted by molar-refractivity contribution is 5.85. The average molecular weight is 378 g/mol. The van der Waals surface area contributed by atoms with E-state index in [-0.39, 0.29) is 11.5 Å². The lowest BCUT2D eigenvalue weighted by Gasteiger charge is -2.06. The van der Waals surface area contributed by atoms with Crippen LogP contribution >= 0.6 is 0 Å². The number of pyridine rings is 1. The lowest BCUT2D eigenvalue weighted by Crippen LogP contribution is -1.99. The van der Waals surface area contributed by atoms with Crippen LogP contribution in [0.3, 0.4) is 0 Å². The van der Waals surface area contributed by atoms with Crippen molar-refractivity contribution in [1.29, 1.82) is 0 Å². The number of carboxylic acid groups (broad SMARTS) is 1. The SMILES string of the molecule is Cn1c(Nc2ccc(F)cc2)nc2cc(Oc3ccnc(C(=O)O)c3)ccc21. The van der Waals surface area contributed by atoms with Gasteiger partial charge in [-0.3, -0.25) is 0 Å². The summed E-state index contributed by atoms with van der Waals surface area (Å²) >= 11 is 0. The van der Waals surface area contributed by atoms with Crippen LogP contribution in [0.5, 0.6) is 11.5 Å². The number of nitrogens with zero attached hydrogens (tertiary/aromatic N) is 3. The molecule has 2 aromatic carbocycles. The Morgan fingerprint density at radius 3 is 2.61 bits per heavy atom. The number of carboxylic acids is 1. The Labute approximate surface area is 159 Å². The summed E-state index contributed by atoms with van der Waals surface area (Å²) in [5.41, 5.74) is 2.19. The number of nitrogens with one attached hydrogen (secondary N) is 1. The minimum atomic E-state index is -1.12. The molecule has 2 N–H and O–H groups in total. The number of aromatic nitrogens is 3. The highest BCUT2D eigenvalue weighted by Crippen LogP contribution is 2.28. The molecule has 0 saturated heterocycles. The zero-order valence-corrected chi connectivity index (χ0v) is 14.8. The molecule has 28 heavy (non-hydrogen) atoms. The summed E-state index contributed by atoms with van der Waals surface area (Å²) in [4.78, 5) is 19.3. The van der Waals surface area contributed by atoms with Crippen molar-refractivity contribution < 1.29 is 19.0 Å². The largest absolute Gasteiger partial charge is 0.477 e. The number of carbonyl (C=O) groups is 1. The van der Waals surface area contributed by atoms with E-state index >= 15 is 0 Å². The predicted molar refractivity (Wildman–Crippen MR) is 102 cm³/mol. The fourth-order valence-electron chi connectivity index (χ4n) is 2.74. The summed E-state index contributed by atoms with van der Waals surface area (Å²) < 4.78 is 20.7. The van der Waals surface area contributed by atoms with Crippen LogP contribution in [-0.2, 0) is 7.05 Å². The summed E-state index contributed by atoms with van der Waals surface area (Å²) in [6, 6.07) is 14.3. The van der Waals surface area contributed by atoms with Gasteiger partial charge in [-0.2, -0.15) is 0 Å². The molecule has 0 amide bonds. The summed E-state index contributed by atoms with van der Waals surface area (Å²) in [6.07, 6.45) is 1.38. The van der Waals surface area contributed by atoms with Crippen LogP contribution in [0, 0.1) is 5.82 Å². The van der Waals surface area contributed by atoms with E-state index in [0.717, 1.165) is 5.52 Å². The van der Waals surface area contributed by atoms with E-state index in [1.807, 2.05) is 17.7 Å². The third kappa shape index (κ3) is 3.48. The number of benzene rings is 2. The number of fused-ring (bicyclic) bond motifs is 1. The molecule has 0 spiro atoms. The molecule has 7 nitrogen and oxygen atoms in total. The van der Waals surface area contributed by atoms with Crippen molar-refractivity contribution in [3.63, 3.8) is 0 Å². The van der Waals surface area contributed by atoms with Crippen molar-refractivity contribution in [2.24, 2.45) is 7.05 Å². The van der Waals surface area contributed by atoms with Gasteiger partial charge in [0, 0.05) is 31.1 Å². The van der Waals surface area contributed by atoms with E-state index in [1.165, 1.54) is 24.4 Å². The number of aromatic carboxylic acids is 1. The summed E-state index contributed by atoms with van der Waals surface area (Å²) in [5.74, 6) is 0.0475. The molecule has 0 bridgehead atoms. The Morgan fingerprint density at radius 2 is 1.86 bits per heavy atom. The highest BCUT2D eigenvalue weighted by atomic mass is 19.1. The molecule has 0 radical (unpaired) electrons. The Balaban J connectivity index is 1.61. The molecular weight excluding hydrogens is 363 g/mol. The van der Waals surface area contributed by atoms with Gasteiger partial charge in [0.2, 0.25) is 5.95 Å². The second kappa shape index (κ2) is 6.99. The third-order valence-corrected chi connectivity index (χ3v) is 4.14. The molecule has 2 heterocycles. The fourth-order valence-corrected chi connectivity index (χ4v) is 2.74. The zero-order chi connectivity index (χ0) is 19.7. The zero-order valence-electron chi connectivity index (χ0n) is 14.8. The predicted octanol–water partition coefficient (Wildman–Crippen LogP) is 4.34. The fraction of sp³-hybridized carbons (Fsp3) is 0.0500. The molecule has 0 saturated carbocycles. The quantitative estimate of drug-likeness (QED) is 0.537. The Bertz CT molecular complexity index is 1170. The lowest BCUT2D eigenvalue weighted by molar-refractivity contribution is 0.0690. The van der Waals surface area contributed by atoms with Crippen LogP contribution in [-0.4, -0.2) is 25.6 Å². The molecule has 0 aliphatic heterocycles. The minimum absolute atomic E-state index is 0.0952. The standard InChI is InChI=1S/C20H15FN4O3/c1-25-18-7-6-14(28-15-8-9-22-17(11-15)19(26)27)10-16(18)24-20(25)23-13-4-2-12(21)3-5-13/h2-11H,1H3,(H,23,24)(H,26,27). The van der Waals surface area contributed by atoms with E-state index in [0.29, 0.717) is 28.7 Å². The van der Waals surface area contributed by atoms with Gasteiger partial charge >= 0.3 is 5.97 Å². The summed E-state index contributed by atoms with van der Waals surface area (Å²) in [6.45, 7) is 0. The number of halogens is 1. The van der Waals surface area contributed by atoms with E-state index in [9.17, 15) is 9.18 Å². The molecule has 8 heteroatoms. The van der Waals surface area contributed by atoms with Crippen molar-refractivity contribution in [1.82, 2.24) is 14.5 Å². The summed E-state index contributed by atoms with van der Waals surface area (Å²) in [5, 5.41) is 12.2. The molecular formula is C20H15FN4O3. The van der Waals surface area contributed by atoms with Crippen LogP contribution in [0.1, 0.15) is 10.5 Å². The Kier molecular flexibility index (Phi) is 4.36.